The molecule has 6 heteroatoms. The van der Waals surface area contributed by atoms with Crippen molar-refractivity contribution < 1.29 is 14.0 Å². The SMILES string of the molecule is CC(=O)NCc1ccc(C(=O)N2CCCN(Cc3ccc(F)cc3)CC2)cc1. The lowest BCUT2D eigenvalue weighted by molar-refractivity contribution is -0.119. The van der Waals surface area contributed by atoms with Crippen LogP contribution in [0.4, 0.5) is 4.39 Å². The maximum Gasteiger partial charge on any atom is 0.253 e. The van der Waals surface area contributed by atoms with Crippen LogP contribution in [0.25, 0.3) is 0 Å². The van der Waals surface area contributed by atoms with Crippen molar-refractivity contribution in [1.29, 1.82) is 0 Å². The number of benzene rings is 2. The Morgan fingerprint density at radius 3 is 2.29 bits per heavy atom. The first-order valence-corrected chi connectivity index (χ1v) is 9.61. The number of hydrogen-bond acceptors (Lipinski definition) is 3. The highest BCUT2D eigenvalue weighted by atomic mass is 19.1. The lowest BCUT2D eigenvalue weighted by Crippen LogP contribution is -2.35. The van der Waals surface area contributed by atoms with Crippen molar-refractivity contribution in [1.82, 2.24) is 15.1 Å². The average molecular weight is 383 g/mol. The summed E-state index contributed by atoms with van der Waals surface area (Å²) in [7, 11) is 0. The molecule has 0 saturated carbocycles. The zero-order valence-electron chi connectivity index (χ0n) is 16.2. The number of halogens is 1. The molecule has 0 atom stereocenters. The molecule has 1 aliphatic rings. The zero-order chi connectivity index (χ0) is 19.9. The van der Waals surface area contributed by atoms with E-state index in [0.29, 0.717) is 18.7 Å². The zero-order valence-corrected chi connectivity index (χ0v) is 16.2. The van der Waals surface area contributed by atoms with Crippen LogP contribution in [-0.4, -0.2) is 47.8 Å². The highest BCUT2D eigenvalue weighted by molar-refractivity contribution is 5.94. The first-order valence-electron chi connectivity index (χ1n) is 9.61. The minimum atomic E-state index is -0.223. The molecule has 0 aliphatic carbocycles. The Morgan fingerprint density at radius 1 is 0.929 bits per heavy atom. The second-order valence-corrected chi connectivity index (χ2v) is 7.16. The fourth-order valence-electron chi connectivity index (χ4n) is 3.35. The van der Waals surface area contributed by atoms with E-state index in [1.165, 1.54) is 19.1 Å². The van der Waals surface area contributed by atoms with E-state index in [-0.39, 0.29) is 17.6 Å². The third-order valence-electron chi connectivity index (χ3n) is 4.94. The van der Waals surface area contributed by atoms with Gasteiger partial charge in [0.05, 0.1) is 0 Å². The maximum absolute atomic E-state index is 13.1. The Kier molecular flexibility index (Phi) is 6.76. The van der Waals surface area contributed by atoms with Crippen molar-refractivity contribution in [2.45, 2.75) is 26.4 Å². The molecule has 5 nitrogen and oxygen atoms in total. The molecule has 148 valence electrons. The van der Waals surface area contributed by atoms with Gasteiger partial charge in [0.15, 0.2) is 0 Å². The number of carbonyl (C=O) groups is 2. The predicted molar refractivity (Wildman–Crippen MR) is 106 cm³/mol. The molecule has 2 aromatic rings. The Labute approximate surface area is 165 Å². The molecule has 2 aromatic carbocycles. The molecule has 3 rings (SSSR count). The van der Waals surface area contributed by atoms with Crippen LogP contribution in [0.5, 0.6) is 0 Å². The molecule has 28 heavy (non-hydrogen) atoms. The minimum Gasteiger partial charge on any atom is -0.352 e. The molecular formula is C22H26FN3O2. The minimum absolute atomic E-state index is 0.0368. The molecule has 0 radical (unpaired) electrons. The number of rotatable bonds is 5. The van der Waals surface area contributed by atoms with E-state index in [4.69, 9.17) is 0 Å². The number of nitrogens with one attached hydrogen (secondary N) is 1. The number of carbonyl (C=O) groups excluding carboxylic acids is 2. The third-order valence-corrected chi connectivity index (χ3v) is 4.94. The first kappa shape index (κ1) is 20.0. The van der Waals surface area contributed by atoms with E-state index in [2.05, 4.69) is 10.2 Å². The molecule has 1 heterocycles. The van der Waals surface area contributed by atoms with Gasteiger partial charge >= 0.3 is 0 Å². The highest BCUT2D eigenvalue weighted by Crippen LogP contribution is 2.13. The quantitative estimate of drug-likeness (QED) is 0.864. The van der Waals surface area contributed by atoms with Crippen molar-refractivity contribution in [3.8, 4) is 0 Å². The van der Waals surface area contributed by atoms with Crippen molar-refractivity contribution >= 4 is 11.8 Å². The van der Waals surface area contributed by atoms with Crippen LogP contribution in [0, 0.1) is 5.82 Å². The summed E-state index contributed by atoms with van der Waals surface area (Å²) in [4.78, 5) is 28.0. The summed E-state index contributed by atoms with van der Waals surface area (Å²) in [6.07, 6.45) is 0.910. The van der Waals surface area contributed by atoms with Crippen LogP contribution in [0.2, 0.25) is 0 Å². The standard InChI is InChI=1S/C22H26FN3O2/c1-17(27)24-15-18-3-7-20(8-4-18)22(28)26-12-2-11-25(13-14-26)16-19-5-9-21(23)10-6-19/h3-10H,2,11-16H2,1H3,(H,24,27). The monoisotopic (exact) mass is 383 g/mol. The Bertz CT molecular complexity index is 806. The van der Waals surface area contributed by atoms with Gasteiger partial charge in [0.25, 0.3) is 5.91 Å². The maximum atomic E-state index is 13.1. The lowest BCUT2D eigenvalue weighted by Gasteiger charge is -2.22. The summed E-state index contributed by atoms with van der Waals surface area (Å²) in [5.74, 6) is -0.260. The summed E-state index contributed by atoms with van der Waals surface area (Å²) < 4.78 is 13.1. The second kappa shape index (κ2) is 9.46. The molecule has 0 spiro atoms. The largest absolute Gasteiger partial charge is 0.352 e. The fraction of sp³-hybridized carbons (Fsp3) is 0.364. The summed E-state index contributed by atoms with van der Waals surface area (Å²) in [6, 6.07) is 14.0. The van der Waals surface area contributed by atoms with Gasteiger partial charge in [-0.05, 0) is 41.8 Å². The first-order chi connectivity index (χ1) is 13.5. The summed E-state index contributed by atoms with van der Waals surface area (Å²) >= 11 is 0. The van der Waals surface area contributed by atoms with E-state index in [0.717, 1.165) is 43.7 Å². The normalized spacial score (nSPS) is 15.1. The second-order valence-electron chi connectivity index (χ2n) is 7.16. The van der Waals surface area contributed by atoms with Crippen LogP contribution in [0.3, 0.4) is 0 Å². The molecule has 1 fully saturated rings. The van der Waals surface area contributed by atoms with Gasteiger partial charge in [-0.25, -0.2) is 4.39 Å². The van der Waals surface area contributed by atoms with Crippen LogP contribution >= 0.6 is 0 Å². The fourth-order valence-corrected chi connectivity index (χ4v) is 3.35. The molecule has 2 amide bonds. The van der Waals surface area contributed by atoms with E-state index < -0.39 is 0 Å². The number of hydrogen-bond donors (Lipinski definition) is 1. The van der Waals surface area contributed by atoms with Gasteiger partial charge in [0, 0.05) is 51.8 Å². The van der Waals surface area contributed by atoms with Crippen molar-refractivity contribution in [3.05, 3.63) is 71.0 Å². The van der Waals surface area contributed by atoms with Crippen molar-refractivity contribution in [3.63, 3.8) is 0 Å². The van der Waals surface area contributed by atoms with Gasteiger partial charge < -0.3 is 10.2 Å². The van der Waals surface area contributed by atoms with Gasteiger partial charge in [0.1, 0.15) is 5.82 Å². The molecule has 0 bridgehead atoms. The molecule has 0 aromatic heterocycles. The van der Waals surface area contributed by atoms with Crippen molar-refractivity contribution in [2.24, 2.45) is 0 Å². The Morgan fingerprint density at radius 2 is 1.61 bits per heavy atom. The topological polar surface area (TPSA) is 52.7 Å². The van der Waals surface area contributed by atoms with Gasteiger partial charge in [0.2, 0.25) is 5.91 Å². The predicted octanol–water partition coefficient (Wildman–Crippen LogP) is 2.81. The molecular weight excluding hydrogens is 357 g/mol. The number of nitrogens with zero attached hydrogens (tertiary/aromatic N) is 2. The highest BCUT2D eigenvalue weighted by Gasteiger charge is 2.20. The molecule has 0 unspecified atom stereocenters. The molecule has 1 N–H and O–H groups in total. The van der Waals surface area contributed by atoms with Gasteiger partial charge in [-0.3, -0.25) is 14.5 Å². The smallest absolute Gasteiger partial charge is 0.253 e. The van der Waals surface area contributed by atoms with Gasteiger partial charge in [-0.2, -0.15) is 0 Å². The van der Waals surface area contributed by atoms with Crippen LogP contribution < -0.4 is 5.32 Å². The van der Waals surface area contributed by atoms with E-state index in [1.54, 1.807) is 0 Å². The van der Waals surface area contributed by atoms with E-state index in [1.807, 2.05) is 41.3 Å². The van der Waals surface area contributed by atoms with Crippen LogP contribution in [-0.2, 0) is 17.9 Å². The van der Waals surface area contributed by atoms with Crippen LogP contribution in [0.15, 0.2) is 48.5 Å². The van der Waals surface area contributed by atoms with Gasteiger partial charge in [-0.1, -0.05) is 24.3 Å². The average Bonchev–Trinajstić information content (AvgIpc) is 2.93. The Balaban J connectivity index is 1.54. The Hall–Kier alpha value is -2.73. The van der Waals surface area contributed by atoms with Crippen LogP contribution in [0.1, 0.15) is 34.8 Å². The van der Waals surface area contributed by atoms with E-state index in [9.17, 15) is 14.0 Å². The molecule has 1 saturated heterocycles. The lowest BCUT2D eigenvalue weighted by atomic mass is 10.1. The van der Waals surface area contributed by atoms with E-state index >= 15 is 0 Å². The summed E-state index contributed by atoms with van der Waals surface area (Å²) in [5.41, 5.74) is 2.71. The summed E-state index contributed by atoms with van der Waals surface area (Å²) in [6.45, 7) is 5.82. The molecule has 1 aliphatic heterocycles. The summed E-state index contributed by atoms with van der Waals surface area (Å²) in [5, 5.41) is 2.75. The third kappa shape index (κ3) is 5.63. The van der Waals surface area contributed by atoms with Gasteiger partial charge in [-0.15, -0.1) is 0 Å². The van der Waals surface area contributed by atoms with Crippen molar-refractivity contribution in [2.75, 3.05) is 26.2 Å². The number of amides is 2.